The Hall–Kier alpha value is -0.800. The maximum atomic E-state index is 5.96. The summed E-state index contributed by atoms with van der Waals surface area (Å²) < 4.78 is 5.96. The highest BCUT2D eigenvalue weighted by atomic mass is 35.5. The average molecular weight is 267 g/mol. The predicted octanol–water partition coefficient (Wildman–Crippen LogP) is 2.95. The van der Waals surface area contributed by atoms with Crippen LogP contribution < -0.4 is 10.1 Å². The largest absolute Gasteiger partial charge is 0.474 e. The Labute approximate surface area is 113 Å². The van der Waals surface area contributed by atoms with E-state index < -0.39 is 0 Å². The first-order valence-corrected chi connectivity index (χ1v) is 7.05. The van der Waals surface area contributed by atoms with Crippen molar-refractivity contribution in [1.29, 1.82) is 0 Å². The van der Waals surface area contributed by atoms with Crippen LogP contribution in [0.3, 0.4) is 0 Å². The van der Waals surface area contributed by atoms with E-state index in [9.17, 15) is 0 Å². The highest BCUT2D eigenvalue weighted by molar-refractivity contribution is 6.31. The second-order valence-electron chi connectivity index (χ2n) is 5.64. The van der Waals surface area contributed by atoms with Gasteiger partial charge in [-0.25, -0.2) is 4.98 Å². The van der Waals surface area contributed by atoms with Crippen molar-refractivity contribution in [2.75, 3.05) is 13.1 Å². The zero-order valence-electron chi connectivity index (χ0n) is 10.7. The zero-order valence-corrected chi connectivity index (χ0v) is 11.5. The third kappa shape index (κ3) is 2.34. The molecule has 1 N–H and O–H groups in total. The van der Waals surface area contributed by atoms with Gasteiger partial charge in [0.2, 0.25) is 5.88 Å². The summed E-state index contributed by atoms with van der Waals surface area (Å²) in [5, 5.41) is 4.08. The lowest BCUT2D eigenvalue weighted by Crippen LogP contribution is -2.55. The van der Waals surface area contributed by atoms with E-state index in [4.69, 9.17) is 16.3 Å². The first kappa shape index (κ1) is 12.2. The molecular weight excluding hydrogens is 248 g/mol. The van der Waals surface area contributed by atoms with Crippen molar-refractivity contribution in [2.24, 2.45) is 5.41 Å². The van der Waals surface area contributed by atoms with Crippen molar-refractivity contribution < 1.29 is 4.74 Å². The van der Waals surface area contributed by atoms with E-state index in [1.807, 2.05) is 19.1 Å². The average Bonchev–Trinajstić information content (AvgIpc) is 2.33. The molecule has 2 fully saturated rings. The molecule has 0 atom stereocenters. The van der Waals surface area contributed by atoms with Gasteiger partial charge in [-0.3, -0.25) is 0 Å². The first-order valence-electron chi connectivity index (χ1n) is 6.67. The number of hydrogen-bond acceptors (Lipinski definition) is 3. The molecule has 0 amide bonds. The summed E-state index contributed by atoms with van der Waals surface area (Å²) in [6, 6.07) is 3.73. The normalized spacial score (nSPS) is 22.8. The molecule has 4 heteroatoms. The molecule has 2 heterocycles. The topological polar surface area (TPSA) is 34.1 Å². The van der Waals surface area contributed by atoms with Gasteiger partial charge in [0, 0.05) is 19.2 Å². The molecule has 1 aliphatic carbocycles. The number of aryl methyl sites for hydroxylation is 1. The maximum absolute atomic E-state index is 5.96. The molecule has 1 saturated heterocycles. The molecule has 1 saturated carbocycles. The fourth-order valence-electron chi connectivity index (χ4n) is 2.91. The van der Waals surface area contributed by atoms with E-state index >= 15 is 0 Å². The molecule has 1 aromatic heterocycles. The number of aromatic nitrogens is 1. The molecule has 2 aliphatic rings. The van der Waals surface area contributed by atoms with Crippen LogP contribution in [0.25, 0.3) is 0 Å². The second-order valence-corrected chi connectivity index (χ2v) is 6.04. The maximum Gasteiger partial charge on any atom is 0.213 e. The second kappa shape index (κ2) is 4.71. The fourth-order valence-corrected chi connectivity index (χ4v) is 3.02. The van der Waals surface area contributed by atoms with Crippen molar-refractivity contribution in [3.8, 4) is 5.88 Å². The predicted molar refractivity (Wildman–Crippen MR) is 72.2 cm³/mol. The summed E-state index contributed by atoms with van der Waals surface area (Å²) in [4.78, 5) is 4.37. The van der Waals surface area contributed by atoms with Crippen LogP contribution in [-0.2, 0) is 0 Å². The lowest BCUT2D eigenvalue weighted by atomic mass is 9.69. The Morgan fingerprint density at radius 1 is 1.33 bits per heavy atom. The van der Waals surface area contributed by atoms with Gasteiger partial charge in [0.15, 0.2) is 0 Å². The van der Waals surface area contributed by atoms with Crippen molar-refractivity contribution in [3.05, 3.63) is 22.8 Å². The minimum atomic E-state index is 0.323. The Bertz CT molecular complexity index is 435. The fraction of sp³-hybridized carbons (Fsp3) is 0.643. The van der Waals surface area contributed by atoms with Crippen molar-refractivity contribution in [2.45, 2.75) is 38.7 Å². The van der Waals surface area contributed by atoms with Gasteiger partial charge in [0.25, 0.3) is 0 Å². The number of pyridine rings is 1. The van der Waals surface area contributed by atoms with Gasteiger partial charge in [-0.2, -0.15) is 0 Å². The van der Waals surface area contributed by atoms with Crippen molar-refractivity contribution >= 4 is 11.6 Å². The molecular formula is C14H19ClN2O. The molecule has 98 valence electrons. The van der Waals surface area contributed by atoms with E-state index in [-0.39, 0.29) is 0 Å². The first-order chi connectivity index (χ1) is 8.67. The molecule has 1 aliphatic heterocycles. The van der Waals surface area contributed by atoms with Crippen LogP contribution in [0.2, 0.25) is 5.02 Å². The van der Waals surface area contributed by atoms with Crippen molar-refractivity contribution in [1.82, 2.24) is 10.3 Å². The minimum Gasteiger partial charge on any atom is -0.474 e. The standard InChI is InChI=1S/C14H19ClN2O/c1-10-12(15)2-3-13(17-10)18-11-4-6-14(7-5-11)8-16-9-14/h2-3,11,16H,4-9H2,1H3. The van der Waals surface area contributed by atoms with Gasteiger partial charge in [-0.15, -0.1) is 0 Å². The highest BCUT2D eigenvalue weighted by Gasteiger charge is 2.40. The Balaban J connectivity index is 1.58. The van der Waals surface area contributed by atoms with Crippen molar-refractivity contribution in [3.63, 3.8) is 0 Å². The van der Waals surface area contributed by atoms with E-state index in [0.29, 0.717) is 22.4 Å². The number of rotatable bonds is 2. The molecule has 18 heavy (non-hydrogen) atoms. The Morgan fingerprint density at radius 3 is 2.61 bits per heavy atom. The lowest BCUT2D eigenvalue weighted by molar-refractivity contribution is 0.0402. The van der Waals surface area contributed by atoms with E-state index in [2.05, 4.69) is 10.3 Å². The summed E-state index contributed by atoms with van der Waals surface area (Å²) in [7, 11) is 0. The van der Waals surface area contributed by atoms with Crippen LogP contribution in [-0.4, -0.2) is 24.2 Å². The summed E-state index contributed by atoms with van der Waals surface area (Å²) in [5.74, 6) is 0.713. The van der Waals surface area contributed by atoms with Crippen LogP contribution in [0.5, 0.6) is 5.88 Å². The molecule has 0 unspecified atom stereocenters. The molecule has 1 spiro atoms. The molecule has 3 nitrogen and oxygen atoms in total. The van der Waals surface area contributed by atoms with Gasteiger partial charge in [-0.05, 0) is 44.1 Å². The summed E-state index contributed by atoms with van der Waals surface area (Å²) in [6.45, 7) is 4.29. The van der Waals surface area contributed by atoms with Gasteiger partial charge < -0.3 is 10.1 Å². The SMILES string of the molecule is Cc1nc(OC2CCC3(CC2)CNC3)ccc1Cl. The number of nitrogens with one attached hydrogen (secondary N) is 1. The monoisotopic (exact) mass is 266 g/mol. The number of nitrogens with zero attached hydrogens (tertiary/aromatic N) is 1. The zero-order chi connectivity index (χ0) is 12.6. The van der Waals surface area contributed by atoms with E-state index in [0.717, 1.165) is 18.5 Å². The molecule has 0 radical (unpaired) electrons. The van der Waals surface area contributed by atoms with E-state index in [1.54, 1.807) is 0 Å². The molecule has 0 bridgehead atoms. The molecule has 0 aromatic carbocycles. The number of ether oxygens (including phenoxy) is 1. The smallest absolute Gasteiger partial charge is 0.213 e. The molecule has 3 rings (SSSR count). The Kier molecular flexibility index (Phi) is 3.20. The quantitative estimate of drug-likeness (QED) is 0.894. The number of hydrogen-bond donors (Lipinski definition) is 1. The number of halogens is 1. The lowest BCUT2D eigenvalue weighted by Gasteiger charge is -2.47. The summed E-state index contributed by atoms with van der Waals surface area (Å²) in [6.07, 6.45) is 5.16. The molecule has 1 aromatic rings. The van der Waals surface area contributed by atoms with Gasteiger partial charge in [0.05, 0.1) is 10.7 Å². The third-order valence-electron chi connectivity index (χ3n) is 4.28. The highest BCUT2D eigenvalue weighted by Crippen LogP contribution is 2.40. The van der Waals surface area contributed by atoms with Gasteiger partial charge in [0.1, 0.15) is 6.10 Å². The van der Waals surface area contributed by atoms with Crippen LogP contribution in [0, 0.1) is 12.3 Å². The summed E-state index contributed by atoms with van der Waals surface area (Å²) in [5.41, 5.74) is 1.42. The van der Waals surface area contributed by atoms with E-state index in [1.165, 1.54) is 25.9 Å². The van der Waals surface area contributed by atoms with Crippen LogP contribution in [0.4, 0.5) is 0 Å². The summed E-state index contributed by atoms with van der Waals surface area (Å²) >= 11 is 5.96. The minimum absolute atomic E-state index is 0.323. The van der Waals surface area contributed by atoms with Crippen LogP contribution in [0.1, 0.15) is 31.4 Å². The Morgan fingerprint density at radius 2 is 2.06 bits per heavy atom. The van der Waals surface area contributed by atoms with Crippen LogP contribution >= 0.6 is 11.6 Å². The van der Waals surface area contributed by atoms with Crippen LogP contribution in [0.15, 0.2) is 12.1 Å². The third-order valence-corrected chi connectivity index (χ3v) is 4.68. The van der Waals surface area contributed by atoms with Gasteiger partial charge >= 0.3 is 0 Å². The van der Waals surface area contributed by atoms with Gasteiger partial charge in [-0.1, -0.05) is 11.6 Å².